The molecule has 0 saturated carbocycles. The number of aliphatic hydroxyl groups is 4. The van der Waals surface area contributed by atoms with Gasteiger partial charge in [0.1, 0.15) is 26.2 Å². The summed E-state index contributed by atoms with van der Waals surface area (Å²) in [4.78, 5) is 5.35. The molecule has 10 heteroatoms. The maximum Gasteiger partial charge on any atom is 0.179 e. The second-order valence-corrected chi connectivity index (χ2v) is 22.0. The predicted octanol–water partition coefficient (Wildman–Crippen LogP) is 10.2. The minimum Gasteiger partial charge on any atom is -0.391 e. The van der Waals surface area contributed by atoms with E-state index in [1.54, 1.807) is 0 Å². The van der Waals surface area contributed by atoms with Crippen molar-refractivity contribution in [1.82, 2.24) is 0 Å². The van der Waals surface area contributed by atoms with Crippen LogP contribution >= 0.6 is 0 Å². The van der Waals surface area contributed by atoms with Crippen molar-refractivity contribution < 1.29 is 38.5 Å². The first-order valence-corrected chi connectivity index (χ1v) is 27.9. The molecular weight excluding hydrogens is 917 g/mol. The number of hydrogen-bond acceptors (Lipinski definition) is 6. The van der Waals surface area contributed by atoms with E-state index in [1.165, 1.54) is 44.0 Å². The van der Waals surface area contributed by atoms with Gasteiger partial charge in [-0.25, -0.2) is 9.13 Å². The molecule has 2 atom stereocenters. The SMILES string of the molecule is CCCCN(CCCC)c1ccc2cc(/C=C\c3cc[n+](CC(O)C[N+](C)(C)CCO)cc3)ccc2c1-c1c(N(CCCC)CCCC)ccc2cc(/C=C/c3cc[n+](CC(O)C[N+](C)(C)CCO)cc3)ccc12. The zero-order valence-corrected chi connectivity index (χ0v) is 46.5. The highest BCUT2D eigenvalue weighted by Gasteiger charge is 2.26. The molecule has 10 nitrogen and oxygen atoms in total. The zero-order chi connectivity index (χ0) is 53.1. The molecule has 0 bridgehead atoms. The molecule has 0 aliphatic carbocycles. The van der Waals surface area contributed by atoms with Crippen LogP contribution in [0.1, 0.15) is 101 Å². The van der Waals surface area contributed by atoms with Crippen molar-refractivity contribution in [2.75, 3.05) is 104 Å². The van der Waals surface area contributed by atoms with Crippen molar-refractivity contribution in [2.24, 2.45) is 0 Å². The highest BCUT2D eigenvalue weighted by molar-refractivity contribution is 6.14. The first-order valence-electron chi connectivity index (χ1n) is 27.9. The third-order valence-electron chi connectivity index (χ3n) is 14.5. The maximum absolute atomic E-state index is 10.8. The van der Waals surface area contributed by atoms with Gasteiger partial charge in [-0.2, -0.15) is 0 Å². The van der Waals surface area contributed by atoms with Gasteiger partial charge >= 0.3 is 0 Å². The molecule has 2 aromatic heterocycles. The van der Waals surface area contributed by atoms with E-state index in [9.17, 15) is 20.4 Å². The first-order chi connectivity index (χ1) is 35.7. The third kappa shape index (κ3) is 16.8. The van der Waals surface area contributed by atoms with E-state index in [-0.39, 0.29) is 13.2 Å². The Morgan fingerprint density at radius 2 is 0.797 bits per heavy atom. The Kier molecular flexibility index (Phi) is 22.2. The summed E-state index contributed by atoms with van der Waals surface area (Å²) in [6, 6.07) is 31.9. The van der Waals surface area contributed by atoms with E-state index >= 15 is 0 Å². The van der Waals surface area contributed by atoms with E-state index in [2.05, 4.69) is 147 Å². The van der Waals surface area contributed by atoms with Crippen LogP contribution in [0.4, 0.5) is 11.4 Å². The molecule has 6 aromatic rings. The fourth-order valence-electron chi connectivity index (χ4n) is 10.3. The lowest BCUT2D eigenvalue weighted by Gasteiger charge is -2.32. The van der Waals surface area contributed by atoms with Crippen LogP contribution in [0.25, 0.3) is 57.0 Å². The number of aliphatic hydroxyl groups excluding tert-OH is 4. The van der Waals surface area contributed by atoms with Crippen LogP contribution < -0.4 is 18.9 Å². The highest BCUT2D eigenvalue weighted by atomic mass is 16.3. The smallest absolute Gasteiger partial charge is 0.179 e. The lowest BCUT2D eigenvalue weighted by molar-refractivity contribution is -0.896. The molecule has 0 saturated heterocycles. The van der Waals surface area contributed by atoms with Gasteiger partial charge < -0.3 is 39.2 Å². The van der Waals surface area contributed by atoms with E-state index in [4.69, 9.17) is 0 Å². The molecule has 6 rings (SSSR count). The largest absolute Gasteiger partial charge is 0.391 e. The first kappa shape index (κ1) is 57.8. The Bertz CT molecular complexity index is 2510. The number of aromatic nitrogens is 2. The van der Waals surface area contributed by atoms with Crippen molar-refractivity contribution in [3.63, 3.8) is 0 Å². The number of fused-ring (bicyclic) bond motifs is 2. The Balaban J connectivity index is 1.41. The van der Waals surface area contributed by atoms with Gasteiger partial charge in [0, 0.05) is 72.9 Å². The number of nitrogens with zero attached hydrogens (tertiary/aromatic N) is 6. The summed E-state index contributed by atoms with van der Waals surface area (Å²) >= 11 is 0. The van der Waals surface area contributed by atoms with Crippen LogP contribution in [0.15, 0.2) is 110 Å². The molecule has 0 aliphatic heterocycles. The zero-order valence-electron chi connectivity index (χ0n) is 46.5. The summed E-state index contributed by atoms with van der Waals surface area (Å²) in [5.74, 6) is 0. The molecule has 398 valence electrons. The topological polar surface area (TPSA) is 95.2 Å². The summed E-state index contributed by atoms with van der Waals surface area (Å²) in [5.41, 5.74) is 9.74. The number of unbranched alkanes of at least 4 members (excludes halogenated alkanes) is 4. The Labute approximate surface area is 444 Å². The van der Waals surface area contributed by atoms with Gasteiger partial charge in [-0.05, 0) is 93.7 Å². The van der Waals surface area contributed by atoms with Crippen LogP contribution in [0.3, 0.4) is 0 Å². The minimum absolute atomic E-state index is 0.103. The summed E-state index contributed by atoms with van der Waals surface area (Å²) < 4.78 is 5.20. The molecule has 0 fully saturated rings. The number of benzene rings is 4. The molecule has 0 aliphatic rings. The predicted molar refractivity (Wildman–Crippen MR) is 312 cm³/mol. The van der Waals surface area contributed by atoms with Gasteiger partial charge in [0.25, 0.3) is 0 Å². The lowest BCUT2D eigenvalue weighted by Crippen LogP contribution is -2.51. The molecule has 2 heterocycles. The quantitative estimate of drug-likeness (QED) is 0.0256. The molecule has 4 aromatic carbocycles. The number of rotatable bonds is 31. The van der Waals surface area contributed by atoms with E-state index in [0.717, 1.165) is 99.8 Å². The van der Waals surface area contributed by atoms with Crippen LogP contribution in [0.2, 0.25) is 0 Å². The van der Waals surface area contributed by atoms with Crippen molar-refractivity contribution in [1.29, 1.82) is 0 Å². The number of likely N-dealkylation sites (N-methyl/N-ethyl adjacent to an activating group) is 2. The Morgan fingerprint density at radius 1 is 0.459 bits per heavy atom. The van der Waals surface area contributed by atoms with Crippen LogP contribution in [0.5, 0.6) is 0 Å². The average Bonchev–Trinajstić information content (AvgIpc) is 3.37. The number of pyridine rings is 2. The average molecular weight is 1010 g/mol. The molecule has 0 spiro atoms. The lowest BCUT2D eigenvalue weighted by atomic mass is 9.88. The molecule has 0 radical (unpaired) electrons. The number of quaternary nitrogens is 2. The molecule has 0 amide bonds. The van der Waals surface area contributed by atoms with Crippen LogP contribution in [-0.4, -0.2) is 135 Å². The standard InChI is InChI=1S/C64H92N6O4/c1-9-13-33-67(34-14-10-2)61-27-23-55-45-53(19-17-51-29-37-65(38-30-51)47-57(73)49-69(5,6)41-43-71)21-25-59(55)63(61)64-60-26-22-54(46-56(60)24-28-62(64)68(35-15-11-3)36-16-12-4)20-18-52-31-39-66(40-32-52)48-58(74)50-70(7,8)42-44-72/h17-32,37-40,45-46,57-58,71-74H,9-16,33-36,41-44,47-50H2,1-8H3/q+4. The van der Waals surface area contributed by atoms with Gasteiger partial charge in [-0.3, -0.25) is 0 Å². The Hall–Kier alpha value is -5.46. The minimum atomic E-state index is -0.512. The van der Waals surface area contributed by atoms with Crippen molar-refractivity contribution in [3.05, 3.63) is 132 Å². The normalized spacial score (nSPS) is 13.2. The van der Waals surface area contributed by atoms with Gasteiger partial charge in [0.15, 0.2) is 50.1 Å². The molecule has 2 unspecified atom stereocenters. The highest BCUT2D eigenvalue weighted by Crippen LogP contribution is 2.47. The van der Waals surface area contributed by atoms with E-state index < -0.39 is 12.2 Å². The van der Waals surface area contributed by atoms with Gasteiger partial charge in [0.05, 0.1) is 41.4 Å². The second-order valence-electron chi connectivity index (χ2n) is 22.0. The fourth-order valence-corrected chi connectivity index (χ4v) is 10.3. The summed E-state index contributed by atoms with van der Waals surface area (Å²) in [6.45, 7) is 16.8. The van der Waals surface area contributed by atoms with Crippen LogP contribution in [0, 0.1) is 0 Å². The molecular formula is C64H92N6O4+4. The molecule has 4 N–H and O–H groups in total. The van der Waals surface area contributed by atoms with E-state index in [1.807, 2.05) is 62.1 Å². The monoisotopic (exact) mass is 1010 g/mol. The number of hydrogen-bond donors (Lipinski definition) is 4. The van der Waals surface area contributed by atoms with Gasteiger partial charge in [0.2, 0.25) is 0 Å². The van der Waals surface area contributed by atoms with Crippen molar-refractivity contribution in [2.45, 2.75) is 104 Å². The maximum atomic E-state index is 10.8. The summed E-state index contributed by atoms with van der Waals surface area (Å²) in [7, 11) is 8.15. The van der Waals surface area contributed by atoms with Crippen molar-refractivity contribution in [3.8, 4) is 11.1 Å². The second kappa shape index (κ2) is 28.4. The summed E-state index contributed by atoms with van der Waals surface area (Å²) in [6.07, 6.45) is 25.0. The Morgan fingerprint density at radius 3 is 1.12 bits per heavy atom. The molecule has 74 heavy (non-hydrogen) atoms. The third-order valence-corrected chi connectivity index (χ3v) is 14.5. The summed E-state index contributed by atoms with van der Waals surface area (Å²) in [5, 5.41) is 45.5. The number of anilines is 2. The van der Waals surface area contributed by atoms with Crippen molar-refractivity contribution >= 4 is 57.2 Å². The fraction of sp³-hybridized carbons (Fsp3) is 0.469. The van der Waals surface area contributed by atoms with E-state index in [0.29, 0.717) is 48.2 Å². The van der Waals surface area contributed by atoms with Gasteiger partial charge in [-0.1, -0.05) is 114 Å². The van der Waals surface area contributed by atoms with Crippen LogP contribution in [-0.2, 0) is 13.1 Å². The van der Waals surface area contributed by atoms with Gasteiger partial charge in [-0.15, -0.1) is 0 Å².